The highest BCUT2D eigenvalue weighted by Crippen LogP contribution is 2.60. The van der Waals surface area contributed by atoms with Crippen LogP contribution in [-0.4, -0.2) is 87.1 Å². The van der Waals surface area contributed by atoms with Crippen LogP contribution < -0.4 is 0 Å². The molecule has 0 aromatic rings. The zero-order valence-corrected chi connectivity index (χ0v) is 22.0. The molecule has 6 atom stereocenters. The number of ether oxygens (including phenoxy) is 2. The summed E-state index contributed by atoms with van der Waals surface area (Å²) in [6.45, 7) is 13.5. The van der Waals surface area contributed by atoms with Crippen LogP contribution in [0.5, 0.6) is 0 Å². The second-order valence-corrected chi connectivity index (χ2v) is 11.5. The van der Waals surface area contributed by atoms with Gasteiger partial charge in [0.25, 0.3) is 0 Å². The van der Waals surface area contributed by atoms with Crippen LogP contribution >= 0.6 is 15.9 Å². The van der Waals surface area contributed by atoms with E-state index in [0.717, 1.165) is 12.8 Å². The third kappa shape index (κ3) is 4.58. The molecule has 2 bridgehead atoms. The molecule has 3 heterocycles. The Morgan fingerprint density at radius 2 is 2.03 bits per heavy atom. The van der Waals surface area contributed by atoms with Crippen molar-refractivity contribution in [3.05, 3.63) is 25.3 Å². The van der Waals surface area contributed by atoms with E-state index in [-0.39, 0.29) is 36.4 Å². The maximum atomic E-state index is 14.0. The van der Waals surface area contributed by atoms with Gasteiger partial charge in [-0.3, -0.25) is 14.4 Å². The molecule has 1 N–H and O–H groups in total. The Bertz CT molecular complexity index is 827. The van der Waals surface area contributed by atoms with Crippen molar-refractivity contribution in [3.63, 3.8) is 0 Å². The summed E-state index contributed by atoms with van der Waals surface area (Å²) in [4.78, 5) is 43.7. The minimum Gasteiger partial charge on any atom is -0.465 e. The molecule has 3 unspecified atom stereocenters. The smallest absolute Gasteiger partial charge is 0.312 e. The van der Waals surface area contributed by atoms with Crippen LogP contribution in [0.15, 0.2) is 25.3 Å². The highest BCUT2D eigenvalue weighted by molar-refractivity contribution is 9.09. The molecule has 3 aliphatic rings. The van der Waals surface area contributed by atoms with Crippen molar-refractivity contribution in [2.24, 2.45) is 11.8 Å². The number of amides is 2. The molecule has 34 heavy (non-hydrogen) atoms. The number of alkyl halides is 1. The van der Waals surface area contributed by atoms with Gasteiger partial charge in [-0.2, -0.15) is 0 Å². The van der Waals surface area contributed by atoms with Crippen molar-refractivity contribution >= 4 is 33.7 Å². The van der Waals surface area contributed by atoms with Crippen LogP contribution in [0.4, 0.5) is 0 Å². The van der Waals surface area contributed by atoms with E-state index in [1.165, 1.54) is 4.90 Å². The van der Waals surface area contributed by atoms with E-state index in [2.05, 4.69) is 29.1 Å². The fraction of sp³-hybridized carbons (Fsp3) is 0.720. The maximum Gasteiger partial charge on any atom is 0.312 e. The Hall–Kier alpha value is -1.71. The number of β-amino-alcohol motifs (C(OH)–C–C–N with tert-alkyl or cyclic N) is 1. The number of carbonyl (C=O) groups excluding carboxylic acids is 3. The lowest BCUT2D eigenvalue weighted by Gasteiger charge is -2.42. The van der Waals surface area contributed by atoms with Gasteiger partial charge in [0.1, 0.15) is 11.6 Å². The number of likely N-dealkylation sites (tertiary alicyclic amines) is 1. The van der Waals surface area contributed by atoms with E-state index in [4.69, 9.17) is 9.47 Å². The molecule has 8 nitrogen and oxygen atoms in total. The zero-order chi connectivity index (χ0) is 25.3. The van der Waals surface area contributed by atoms with E-state index in [0.29, 0.717) is 19.4 Å². The third-order valence-electron chi connectivity index (χ3n) is 7.07. The number of halogens is 1. The van der Waals surface area contributed by atoms with Crippen LogP contribution in [0.1, 0.15) is 46.5 Å². The molecule has 190 valence electrons. The minimum atomic E-state index is -1.15. The second kappa shape index (κ2) is 10.5. The van der Waals surface area contributed by atoms with Gasteiger partial charge in [-0.1, -0.05) is 28.1 Å². The molecular weight excluding hydrogens is 504 g/mol. The van der Waals surface area contributed by atoms with Gasteiger partial charge in [-0.25, -0.2) is 0 Å². The normalized spacial score (nSPS) is 32.0. The van der Waals surface area contributed by atoms with E-state index in [1.807, 2.05) is 26.8 Å². The summed E-state index contributed by atoms with van der Waals surface area (Å²) in [5.74, 6) is -2.70. The number of unbranched alkanes of at least 4 members (excludes halogenated alkanes) is 2. The first-order chi connectivity index (χ1) is 16.0. The number of carbonyl (C=O) groups is 3. The highest BCUT2D eigenvalue weighted by Gasteiger charge is 2.77. The van der Waals surface area contributed by atoms with Gasteiger partial charge < -0.3 is 24.4 Å². The van der Waals surface area contributed by atoms with Crippen LogP contribution in [0.3, 0.4) is 0 Å². The van der Waals surface area contributed by atoms with Crippen LogP contribution in [0.2, 0.25) is 0 Å². The van der Waals surface area contributed by atoms with Crippen LogP contribution in [0, 0.1) is 11.8 Å². The first-order valence-corrected chi connectivity index (χ1v) is 12.9. The number of aliphatic hydroxyl groups is 1. The summed E-state index contributed by atoms with van der Waals surface area (Å²) in [6.07, 6.45) is 5.75. The molecule has 0 aromatic heterocycles. The highest BCUT2D eigenvalue weighted by atomic mass is 79.9. The Balaban J connectivity index is 1.94. The predicted molar refractivity (Wildman–Crippen MR) is 131 cm³/mol. The first-order valence-electron chi connectivity index (χ1n) is 12.0. The molecule has 0 saturated carbocycles. The summed E-state index contributed by atoms with van der Waals surface area (Å²) in [6, 6.07) is -0.938. The van der Waals surface area contributed by atoms with Gasteiger partial charge in [0, 0.05) is 23.5 Å². The average Bonchev–Trinajstić information content (AvgIpc) is 3.35. The maximum absolute atomic E-state index is 14.0. The number of hydrogen-bond donors (Lipinski definition) is 1. The number of rotatable bonds is 11. The van der Waals surface area contributed by atoms with E-state index < -0.39 is 41.1 Å². The van der Waals surface area contributed by atoms with Crippen LogP contribution in [-0.2, 0) is 23.9 Å². The Labute approximate surface area is 210 Å². The summed E-state index contributed by atoms with van der Waals surface area (Å²) >= 11 is 3.64. The molecule has 1 spiro atoms. The summed E-state index contributed by atoms with van der Waals surface area (Å²) in [5.41, 5.74) is -1.68. The lowest BCUT2D eigenvalue weighted by atomic mass is 9.70. The van der Waals surface area contributed by atoms with Crippen molar-refractivity contribution in [1.29, 1.82) is 0 Å². The number of allylic oxidation sites excluding steroid dienone is 1. The molecule has 3 fully saturated rings. The van der Waals surface area contributed by atoms with Gasteiger partial charge in [-0.05, 0) is 46.5 Å². The molecule has 0 aromatic carbocycles. The minimum absolute atomic E-state index is 0.0101. The number of fused-ring (bicyclic) bond motifs is 1. The Morgan fingerprint density at radius 1 is 1.32 bits per heavy atom. The SMILES string of the molecule is C=CCCCCOC(=O)[C@H]1[C@@H]2OC3(CC2Br)C(C(=O)N(CC=C)C(C)(C)C)N(CCO)C(=O)[C@H]13. The van der Waals surface area contributed by atoms with E-state index in [9.17, 15) is 19.5 Å². The number of esters is 1. The van der Waals surface area contributed by atoms with E-state index in [1.54, 1.807) is 11.0 Å². The fourth-order valence-corrected chi connectivity index (χ4v) is 6.60. The standard InChI is InChI=1S/C25H37BrN2O6/c1-6-8-9-10-14-33-23(32)17-18-21(30)27(12-13-29)20(25(18)15-16(26)19(17)34-25)22(31)28(11-7-2)24(3,4)5/h6-7,16-20,29H,1-2,8-15H2,3-5H3/t16?,17-,18+,19-,20?,25?/m1/s1. The fourth-order valence-electron chi connectivity index (χ4n) is 5.66. The first kappa shape index (κ1) is 26.9. The van der Waals surface area contributed by atoms with Gasteiger partial charge >= 0.3 is 5.97 Å². The molecule has 3 aliphatic heterocycles. The monoisotopic (exact) mass is 540 g/mol. The van der Waals surface area contributed by atoms with Gasteiger partial charge in [0.2, 0.25) is 11.8 Å². The second-order valence-electron chi connectivity index (χ2n) is 10.3. The van der Waals surface area contributed by atoms with Crippen molar-refractivity contribution in [2.75, 3.05) is 26.3 Å². The topological polar surface area (TPSA) is 96.4 Å². The van der Waals surface area contributed by atoms with Crippen molar-refractivity contribution in [2.45, 2.75) is 74.6 Å². The lowest BCUT2D eigenvalue weighted by Crippen LogP contribution is -2.60. The Morgan fingerprint density at radius 3 is 2.62 bits per heavy atom. The lowest BCUT2D eigenvalue weighted by molar-refractivity contribution is -0.156. The molecule has 0 aliphatic carbocycles. The predicted octanol–water partition coefficient (Wildman–Crippen LogP) is 2.44. The number of aliphatic hydroxyl groups excluding tert-OH is 1. The average molecular weight is 541 g/mol. The number of hydrogen-bond acceptors (Lipinski definition) is 6. The van der Waals surface area contributed by atoms with Crippen molar-refractivity contribution in [3.8, 4) is 0 Å². The molecule has 3 saturated heterocycles. The third-order valence-corrected chi connectivity index (χ3v) is 7.92. The summed E-state index contributed by atoms with van der Waals surface area (Å²) in [5, 5.41) is 9.71. The van der Waals surface area contributed by atoms with Crippen molar-refractivity contribution < 1.29 is 29.0 Å². The largest absolute Gasteiger partial charge is 0.465 e. The number of nitrogens with zero attached hydrogens (tertiary/aromatic N) is 2. The van der Waals surface area contributed by atoms with Crippen molar-refractivity contribution in [1.82, 2.24) is 9.80 Å². The van der Waals surface area contributed by atoms with Gasteiger partial charge in [-0.15, -0.1) is 13.2 Å². The quantitative estimate of drug-likeness (QED) is 0.187. The van der Waals surface area contributed by atoms with E-state index >= 15 is 0 Å². The molecule has 0 radical (unpaired) electrons. The van der Waals surface area contributed by atoms with Gasteiger partial charge in [0.05, 0.1) is 31.2 Å². The van der Waals surface area contributed by atoms with Crippen LogP contribution in [0.25, 0.3) is 0 Å². The van der Waals surface area contributed by atoms with Gasteiger partial charge in [0.15, 0.2) is 0 Å². The molecule has 9 heteroatoms. The molecule has 3 rings (SSSR count). The molecular formula is C25H37BrN2O6. The summed E-state index contributed by atoms with van der Waals surface area (Å²) in [7, 11) is 0. The zero-order valence-electron chi connectivity index (χ0n) is 20.4. The summed E-state index contributed by atoms with van der Waals surface area (Å²) < 4.78 is 12.0. The molecule has 2 amide bonds. The Kier molecular flexibility index (Phi) is 8.30.